The number of hydrogen-bond acceptors (Lipinski definition) is 4. The highest BCUT2D eigenvalue weighted by Gasteiger charge is 2.11. The van der Waals surface area contributed by atoms with Crippen LogP contribution in [0.2, 0.25) is 0 Å². The predicted octanol–water partition coefficient (Wildman–Crippen LogP) is 1.42. The molecule has 0 bridgehead atoms. The monoisotopic (exact) mass is 212 g/mol. The van der Waals surface area contributed by atoms with Crippen LogP contribution in [0.15, 0.2) is 17.8 Å². The minimum Gasteiger partial charge on any atom is -0.324 e. The minimum absolute atomic E-state index is 0.343. The van der Waals surface area contributed by atoms with Gasteiger partial charge in [0, 0.05) is 11.8 Å². The van der Waals surface area contributed by atoms with Gasteiger partial charge in [-0.15, -0.1) is 16.8 Å². The lowest BCUT2D eigenvalue weighted by molar-refractivity contribution is 0.642. The molecule has 2 N–H and O–H groups in total. The van der Waals surface area contributed by atoms with Crippen molar-refractivity contribution in [2.24, 2.45) is 5.73 Å². The Bertz CT molecular complexity index is 308. The third-order valence-corrected chi connectivity index (χ3v) is 2.99. The number of aromatic nitrogens is 3. The van der Waals surface area contributed by atoms with E-state index in [1.807, 2.05) is 10.6 Å². The first-order valence-electron chi connectivity index (χ1n) is 4.64. The molecule has 5 heteroatoms. The van der Waals surface area contributed by atoms with Crippen LogP contribution in [0.5, 0.6) is 0 Å². The van der Waals surface area contributed by atoms with Crippen LogP contribution in [-0.2, 0) is 13.1 Å². The zero-order chi connectivity index (χ0) is 10.6. The number of rotatable bonds is 5. The second-order valence-electron chi connectivity index (χ2n) is 2.91. The molecule has 1 unspecified atom stereocenters. The third kappa shape index (κ3) is 2.36. The summed E-state index contributed by atoms with van der Waals surface area (Å²) in [6, 6.07) is 0. The van der Waals surface area contributed by atoms with E-state index in [1.54, 1.807) is 11.8 Å². The number of nitrogens with zero attached hydrogens (tertiary/aromatic N) is 3. The van der Waals surface area contributed by atoms with Crippen LogP contribution < -0.4 is 5.73 Å². The van der Waals surface area contributed by atoms with E-state index in [4.69, 9.17) is 5.73 Å². The Hall–Kier alpha value is -0.810. The smallest absolute Gasteiger partial charge is 0.191 e. The van der Waals surface area contributed by atoms with Crippen molar-refractivity contribution >= 4 is 11.8 Å². The lowest BCUT2D eigenvalue weighted by atomic mass is 10.5. The lowest BCUT2D eigenvalue weighted by Gasteiger charge is -2.07. The van der Waals surface area contributed by atoms with Crippen molar-refractivity contribution in [3.8, 4) is 0 Å². The van der Waals surface area contributed by atoms with Crippen LogP contribution in [0.1, 0.15) is 19.7 Å². The van der Waals surface area contributed by atoms with E-state index in [-0.39, 0.29) is 0 Å². The molecular weight excluding hydrogens is 196 g/mol. The van der Waals surface area contributed by atoms with Crippen LogP contribution in [0.25, 0.3) is 0 Å². The van der Waals surface area contributed by atoms with E-state index in [2.05, 4.69) is 30.6 Å². The van der Waals surface area contributed by atoms with Gasteiger partial charge in [0.1, 0.15) is 5.82 Å². The Morgan fingerprint density at radius 1 is 1.64 bits per heavy atom. The highest BCUT2D eigenvalue weighted by Crippen LogP contribution is 2.22. The molecule has 1 rings (SSSR count). The molecule has 0 spiro atoms. The zero-order valence-corrected chi connectivity index (χ0v) is 9.42. The largest absolute Gasteiger partial charge is 0.324 e. The Labute approximate surface area is 88.6 Å². The van der Waals surface area contributed by atoms with Gasteiger partial charge in [-0.3, -0.25) is 0 Å². The highest BCUT2D eigenvalue weighted by molar-refractivity contribution is 7.99. The summed E-state index contributed by atoms with van der Waals surface area (Å²) in [5.74, 6) is 0.839. The maximum Gasteiger partial charge on any atom is 0.191 e. The summed E-state index contributed by atoms with van der Waals surface area (Å²) in [4.78, 5) is 0. The van der Waals surface area contributed by atoms with Gasteiger partial charge in [-0.1, -0.05) is 17.8 Å². The third-order valence-electron chi connectivity index (χ3n) is 1.92. The predicted molar refractivity (Wildman–Crippen MR) is 59.1 cm³/mol. The molecule has 78 valence electrons. The Kier molecular flexibility index (Phi) is 4.16. The Morgan fingerprint density at radius 2 is 2.36 bits per heavy atom. The van der Waals surface area contributed by atoms with Crippen molar-refractivity contribution in [2.75, 3.05) is 0 Å². The van der Waals surface area contributed by atoms with Crippen LogP contribution in [-0.4, -0.2) is 20.0 Å². The fourth-order valence-corrected chi connectivity index (χ4v) is 1.97. The molecule has 0 fully saturated rings. The standard InChI is InChI=1S/C9H16N4S/c1-4-7(3)14-9-12-11-8(6-10)13(9)5-2/h4,7H,1,5-6,10H2,2-3H3. The maximum absolute atomic E-state index is 5.55. The summed E-state index contributed by atoms with van der Waals surface area (Å²) in [7, 11) is 0. The normalized spacial score (nSPS) is 12.8. The van der Waals surface area contributed by atoms with E-state index in [9.17, 15) is 0 Å². The molecule has 0 saturated carbocycles. The maximum atomic E-state index is 5.55. The highest BCUT2D eigenvalue weighted by atomic mass is 32.2. The molecule has 0 aliphatic carbocycles. The molecule has 0 saturated heterocycles. The lowest BCUT2D eigenvalue weighted by Crippen LogP contribution is -2.08. The zero-order valence-electron chi connectivity index (χ0n) is 8.60. The van der Waals surface area contributed by atoms with Gasteiger partial charge in [-0.05, 0) is 13.8 Å². The molecule has 0 radical (unpaired) electrons. The molecule has 1 heterocycles. The van der Waals surface area contributed by atoms with E-state index >= 15 is 0 Å². The summed E-state index contributed by atoms with van der Waals surface area (Å²) >= 11 is 1.65. The molecule has 0 aliphatic rings. The van der Waals surface area contributed by atoms with Gasteiger partial charge in [-0.25, -0.2) is 0 Å². The van der Waals surface area contributed by atoms with Gasteiger partial charge < -0.3 is 10.3 Å². The second kappa shape index (κ2) is 5.17. The van der Waals surface area contributed by atoms with Gasteiger partial charge >= 0.3 is 0 Å². The first kappa shape index (κ1) is 11.3. The van der Waals surface area contributed by atoms with E-state index in [0.29, 0.717) is 11.8 Å². The molecule has 4 nitrogen and oxygen atoms in total. The number of thioether (sulfide) groups is 1. The second-order valence-corrected chi connectivity index (χ2v) is 4.25. The van der Waals surface area contributed by atoms with Crippen LogP contribution >= 0.6 is 11.8 Å². The van der Waals surface area contributed by atoms with Crippen molar-refractivity contribution in [1.82, 2.24) is 14.8 Å². The summed E-state index contributed by atoms with van der Waals surface area (Å²) < 4.78 is 2.03. The minimum atomic E-state index is 0.343. The number of hydrogen-bond donors (Lipinski definition) is 1. The molecule has 1 aromatic heterocycles. The van der Waals surface area contributed by atoms with E-state index in [0.717, 1.165) is 17.5 Å². The van der Waals surface area contributed by atoms with Gasteiger partial charge in [0.05, 0.1) is 6.54 Å². The molecular formula is C9H16N4S. The van der Waals surface area contributed by atoms with Crippen LogP contribution in [0.3, 0.4) is 0 Å². The molecule has 14 heavy (non-hydrogen) atoms. The van der Waals surface area contributed by atoms with Crippen LogP contribution in [0, 0.1) is 0 Å². The SMILES string of the molecule is C=CC(C)Sc1nnc(CN)n1CC. The van der Waals surface area contributed by atoms with Crippen molar-refractivity contribution in [3.63, 3.8) is 0 Å². The quantitative estimate of drug-likeness (QED) is 0.592. The average molecular weight is 212 g/mol. The summed E-state index contributed by atoms with van der Waals surface area (Å²) in [6.07, 6.45) is 1.89. The summed E-state index contributed by atoms with van der Waals surface area (Å²) in [5, 5.41) is 9.38. The number of nitrogens with two attached hydrogens (primary N) is 1. The van der Waals surface area contributed by atoms with Crippen molar-refractivity contribution in [3.05, 3.63) is 18.5 Å². The van der Waals surface area contributed by atoms with Gasteiger partial charge in [0.2, 0.25) is 0 Å². The summed E-state index contributed by atoms with van der Waals surface area (Å²) in [6.45, 7) is 9.16. The molecule has 0 amide bonds. The molecule has 1 atom stereocenters. The first-order valence-corrected chi connectivity index (χ1v) is 5.52. The van der Waals surface area contributed by atoms with E-state index in [1.165, 1.54) is 0 Å². The molecule has 1 aromatic rings. The first-order chi connectivity index (χ1) is 6.72. The Morgan fingerprint density at radius 3 is 2.86 bits per heavy atom. The average Bonchev–Trinajstić information content (AvgIpc) is 2.59. The van der Waals surface area contributed by atoms with Gasteiger partial charge in [-0.2, -0.15) is 0 Å². The fraction of sp³-hybridized carbons (Fsp3) is 0.556. The summed E-state index contributed by atoms with van der Waals surface area (Å²) in [5.41, 5.74) is 5.55. The fourth-order valence-electron chi connectivity index (χ4n) is 1.09. The molecule has 0 aromatic carbocycles. The van der Waals surface area contributed by atoms with Crippen LogP contribution in [0.4, 0.5) is 0 Å². The molecule has 0 aliphatic heterocycles. The topological polar surface area (TPSA) is 56.7 Å². The van der Waals surface area contributed by atoms with Gasteiger partial charge in [0.15, 0.2) is 5.16 Å². The Balaban J connectivity index is 2.85. The van der Waals surface area contributed by atoms with Crippen molar-refractivity contribution < 1.29 is 0 Å². The van der Waals surface area contributed by atoms with E-state index < -0.39 is 0 Å². The van der Waals surface area contributed by atoms with Crippen molar-refractivity contribution in [1.29, 1.82) is 0 Å². The van der Waals surface area contributed by atoms with Gasteiger partial charge in [0.25, 0.3) is 0 Å². The van der Waals surface area contributed by atoms with Crippen molar-refractivity contribution in [2.45, 2.75) is 37.3 Å².